The average molecular weight is 492 g/mol. The quantitative estimate of drug-likeness (QED) is 0.436. The van der Waals surface area contributed by atoms with Gasteiger partial charge < -0.3 is 15.4 Å². The lowest BCUT2D eigenvalue weighted by Gasteiger charge is -2.56. The van der Waals surface area contributed by atoms with Crippen LogP contribution in [0.1, 0.15) is 35.2 Å². The van der Waals surface area contributed by atoms with Crippen molar-refractivity contribution in [2.75, 3.05) is 10.2 Å². The molecule has 174 valence electrons. The van der Waals surface area contributed by atoms with Crippen molar-refractivity contribution in [1.29, 1.82) is 0 Å². The summed E-state index contributed by atoms with van der Waals surface area (Å²) in [6.07, 6.45) is 0. The maximum absolute atomic E-state index is 13.9. The molecule has 2 heterocycles. The first-order chi connectivity index (χ1) is 16.2. The second-order valence-corrected chi connectivity index (χ2v) is 10.0. The predicted octanol–water partition coefficient (Wildman–Crippen LogP) is 6.06. The second-order valence-electron chi connectivity index (χ2n) is 9.23. The van der Waals surface area contributed by atoms with Gasteiger partial charge in [-0.3, -0.25) is 9.69 Å². The third kappa shape index (κ3) is 3.71. The highest BCUT2D eigenvalue weighted by Gasteiger charge is 2.59. The number of hydrogen-bond acceptors (Lipinski definition) is 3. The fourth-order valence-electron chi connectivity index (χ4n) is 5.07. The Balaban J connectivity index is 1.63. The van der Waals surface area contributed by atoms with Crippen LogP contribution in [0.4, 0.5) is 11.4 Å². The molecule has 34 heavy (non-hydrogen) atoms. The molecule has 0 spiro atoms. The molecule has 3 aromatic carbocycles. The molecule has 1 saturated heterocycles. The van der Waals surface area contributed by atoms with E-state index in [0.29, 0.717) is 10.1 Å². The lowest BCUT2D eigenvalue weighted by Crippen LogP contribution is -2.72. The Bertz CT molecular complexity index is 1330. The third-order valence-electron chi connectivity index (χ3n) is 6.64. The van der Waals surface area contributed by atoms with Crippen LogP contribution in [0.15, 0.2) is 60.7 Å². The molecule has 2 aliphatic rings. The number of anilines is 2. The summed E-state index contributed by atoms with van der Waals surface area (Å²) < 4.78 is 6.64. The first-order valence-electron chi connectivity index (χ1n) is 11.2. The van der Waals surface area contributed by atoms with Crippen LogP contribution < -0.4 is 20.3 Å². The minimum atomic E-state index is -1.08. The SMILES string of the molecule is Cc1ccc(NC(=O)[C@@H]2[C@@H]3NC(=S)N(c4cccc(Cl)c4)[C@@]2(C)Oc2ccc(C)cc23)c(C)c1. The predicted molar refractivity (Wildman–Crippen MR) is 141 cm³/mol. The Morgan fingerprint density at radius 1 is 1.09 bits per heavy atom. The Hall–Kier alpha value is -3.09. The number of thiocarbonyl (C=S) groups is 1. The number of halogens is 1. The Morgan fingerprint density at radius 2 is 1.82 bits per heavy atom. The van der Waals surface area contributed by atoms with Gasteiger partial charge in [0.2, 0.25) is 5.91 Å². The lowest BCUT2D eigenvalue weighted by molar-refractivity contribution is -0.130. The van der Waals surface area contributed by atoms with E-state index in [1.807, 2.05) is 75.1 Å². The Labute approximate surface area is 210 Å². The molecule has 0 saturated carbocycles. The standard InChI is InChI=1S/C27H26ClN3O2S/c1-15-8-10-21(17(3)12-15)29-25(32)23-24-20-13-16(2)9-11-22(20)33-27(23,4)31(26(34)30-24)19-7-5-6-18(28)14-19/h5-14,23-24H,1-4H3,(H,29,32)(H,30,34)/t23-,24+,27-/m0/s1. The number of benzene rings is 3. The summed E-state index contributed by atoms with van der Waals surface area (Å²) in [6, 6.07) is 19.1. The van der Waals surface area contributed by atoms with Crippen molar-refractivity contribution in [3.63, 3.8) is 0 Å². The Morgan fingerprint density at radius 3 is 2.56 bits per heavy atom. The van der Waals surface area contributed by atoms with Gasteiger partial charge in [0.25, 0.3) is 0 Å². The van der Waals surface area contributed by atoms with Crippen LogP contribution in [0.5, 0.6) is 5.75 Å². The molecular weight excluding hydrogens is 466 g/mol. The first kappa shape index (κ1) is 22.7. The zero-order valence-corrected chi connectivity index (χ0v) is 21.1. The van der Waals surface area contributed by atoms with Gasteiger partial charge in [-0.2, -0.15) is 0 Å². The van der Waals surface area contributed by atoms with E-state index in [9.17, 15) is 4.79 Å². The molecule has 2 bridgehead atoms. The number of nitrogens with one attached hydrogen (secondary N) is 2. The normalized spacial score (nSPS) is 23.0. The van der Waals surface area contributed by atoms with E-state index >= 15 is 0 Å². The molecule has 2 N–H and O–H groups in total. The topological polar surface area (TPSA) is 53.6 Å². The van der Waals surface area contributed by atoms with E-state index in [-0.39, 0.29) is 11.9 Å². The van der Waals surface area contributed by atoms with Crippen LogP contribution in [0.2, 0.25) is 5.02 Å². The van der Waals surface area contributed by atoms with Crippen molar-refractivity contribution in [2.45, 2.75) is 39.5 Å². The van der Waals surface area contributed by atoms with Gasteiger partial charge in [-0.05, 0) is 75.8 Å². The van der Waals surface area contributed by atoms with Crippen LogP contribution in [0.25, 0.3) is 0 Å². The molecule has 5 rings (SSSR count). The largest absolute Gasteiger partial charge is 0.467 e. The number of rotatable bonds is 3. The molecule has 0 aromatic heterocycles. The molecule has 7 heteroatoms. The molecule has 5 nitrogen and oxygen atoms in total. The van der Waals surface area contributed by atoms with Crippen LogP contribution in [0.3, 0.4) is 0 Å². The molecule has 0 radical (unpaired) electrons. The number of carbonyl (C=O) groups excluding carboxylic acids is 1. The highest BCUT2D eigenvalue weighted by Crippen LogP contribution is 2.50. The number of aryl methyl sites for hydroxylation is 3. The van der Waals surface area contributed by atoms with Gasteiger partial charge >= 0.3 is 0 Å². The average Bonchev–Trinajstić information content (AvgIpc) is 2.76. The summed E-state index contributed by atoms with van der Waals surface area (Å²) in [7, 11) is 0. The highest BCUT2D eigenvalue weighted by atomic mass is 35.5. The lowest BCUT2D eigenvalue weighted by atomic mass is 9.78. The number of fused-ring (bicyclic) bond motifs is 4. The monoisotopic (exact) mass is 491 g/mol. The number of nitrogens with zero attached hydrogens (tertiary/aromatic N) is 1. The molecular formula is C27H26ClN3O2S. The van der Waals surface area contributed by atoms with Gasteiger partial charge in [0.1, 0.15) is 11.7 Å². The fourth-order valence-corrected chi connectivity index (χ4v) is 5.67. The van der Waals surface area contributed by atoms with Crippen LogP contribution >= 0.6 is 23.8 Å². The zero-order valence-electron chi connectivity index (χ0n) is 19.5. The van der Waals surface area contributed by atoms with E-state index in [4.69, 9.17) is 28.6 Å². The molecule has 0 unspecified atom stereocenters. The van der Waals surface area contributed by atoms with E-state index in [1.54, 1.807) is 6.07 Å². The van der Waals surface area contributed by atoms with Crippen molar-refractivity contribution >= 4 is 46.2 Å². The maximum Gasteiger partial charge on any atom is 0.236 e. The van der Waals surface area contributed by atoms with Gasteiger partial charge in [0.15, 0.2) is 10.8 Å². The zero-order chi connectivity index (χ0) is 24.2. The van der Waals surface area contributed by atoms with Gasteiger partial charge in [-0.15, -0.1) is 0 Å². The number of amides is 1. The van der Waals surface area contributed by atoms with Gasteiger partial charge in [0, 0.05) is 22.0 Å². The summed E-state index contributed by atoms with van der Waals surface area (Å²) in [4.78, 5) is 15.8. The summed E-state index contributed by atoms with van der Waals surface area (Å²) in [5, 5.41) is 7.65. The first-order valence-corrected chi connectivity index (χ1v) is 12.0. The summed E-state index contributed by atoms with van der Waals surface area (Å²) in [6.45, 7) is 7.97. The molecule has 1 fully saturated rings. The molecule has 1 amide bonds. The summed E-state index contributed by atoms with van der Waals surface area (Å²) >= 11 is 12.1. The van der Waals surface area contributed by atoms with Gasteiger partial charge in [0.05, 0.1) is 6.04 Å². The summed E-state index contributed by atoms with van der Waals surface area (Å²) in [5.74, 6) is -0.0162. The van der Waals surface area contributed by atoms with E-state index in [0.717, 1.165) is 39.4 Å². The maximum atomic E-state index is 13.9. The van der Waals surface area contributed by atoms with Crippen molar-refractivity contribution in [1.82, 2.24) is 5.32 Å². The molecule has 2 aliphatic heterocycles. The van der Waals surface area contributed by atoms with Crippen molar-refractivity contribution < 1.29 is 9.53 Å². The van der Waals surface area contributed by atoms with Crippen molar-refractivity contribution in [3.8, 4) is 5.75 Å². The van der Waals surface area contributed by atoms with Crippen LogP contribution in [0, 0.1) is 26.7 Å². The van der Waals surface area contributed by atoms with Crippen molar-refractivity contribution in [3.05, 3.63) is 87.9 Å². The molecule has 3 aromatic rings. The van der Waals surface area contributed by atoms with E-state index < -0.39 is 11.6 Å². The summed E-state index contributed by atoms with van der Waals surface area (Å²) in [5.41, 5.74) is 4.62. The smallest absolute Gasteiger partial charge is 0.236 e. The highest BCUT2D eigenvalue weighted by molar-refractivity contribution is 7.80. The van der Waals surface area contributed by atoms with Crippen molar-refractivity contribution in [2.24, 2.45) is 5.92 Å². The molecule has 0 aliphatic carbocycles. The van der Waals surface area contributed by atoms with E-state index in [1.165, 1.54) is 0 Å². The van der Waals surface area contributed by atoms with Crippen LogP contribution in [-0.2, 0) is 4.79 Å². The minimum Gasteiger partial charge on any atom is -0.467 e. The number of hydrogen-bond donors (Lipinski definition) is 2. The van der Waals surface area contributed by atoms with Gasteiger partial charge in [-0.25, -0.2) is 0 Å². The van der Waals surface area contributed by atoms with Crippen LogP contribution in [-0.4, -0.2) is 16.7 Å². The fraction of sp³-hybridized carbons (Fsp3) is 0.259. The van der Waals surface area contributed by atoms with E-state index in [2.05, 4.69) is 22.8 Å². The minimum absolute atomic E-state index is 0.145. The number of carbonyl (C=O) groups is 1. The Kier molecular flexibility index (Phi) is 5.53. The number of ether oxygens (including phenoxy) is 1. The molecule has 3 atom stereocenters. The van der Waals surface area contributed by atoms with Gasteiger partial charge in [-0.1, -0.05) is 53.1 Å². The third-order valence-corrected chi connectivity index (χ3v) is 7.18. The second kappa shape index (κ2) is 8.29.